The van der Waals surface area contributed by atoms with Crippen LogP contribution in [0.2, 0.25) is 0 Å². The summed E-state index contributed by atoms with van der Waals surface area (Å²) in [5.74, 6) is -1.15. The SMILES string of the molecule is O=C1CCC(CNC(=O)Nc2ccc(Br)cc2C(=O)O)N1. The third-order valence-corrected chi connectivity index (χ3v) is 3.55. The van der Waals surface area contributed by atoms with Crippen molar-refractivity contribution in [3.63, 3.8) is 0 Å². The van der Waals surface area contributed by atoms with Gasteiger partial charge < -0.3 is 21.1 Å². The number of hydrogen-bond acceptors (Lipinski definition) is 3. The third kappa shape index (κ3) is 4.19. The van der Waals surface area contributed by atoms with Gasteiger partial charge in [0, 0.05) is 23.5 Å². The van der Waals surface area contributed by atoms with Crippen LogP contribution in [0.4, 0.5) is 10.5 Å². The number of carbonyl (C=O) groups excluding carboxylic acids is 2. The number of urea groups is 1. The summed E-state index contributed by atoms with van der Waals surface area (Å²) in [6, 6.07) is 3.96. The number of carboxylic acid groups (broad SMARTS) is 1. The van der Waals surface area contributed by atoms with E-state index < -0.39 is 12.0 Å². The van der Waals surface area contributed by atoms with Crippen LogP contribution in [0.5, 0.6) is 0 Å². The highest BCUT2D eigenvalue weighted by Crippen LogP contribution is 2.21. The lowest BCUT2D eigenvalue weighted by atomic mass is 10.2. The predicted octanol–water partition coefficient (Wildman–Crippen LogP) is 1.55. The Balaban J connectivity index is 1.93. The summed E-state index contributed by atoms with van der Waals surface area (Å²) in [4.78, 5) is 33.9. The molecule has 1 heterocycles. The van der Waals surface area contributed by atoms with Crippen LogP contribution in [0.1, 0.15) is 23.2 Å². The maximum absolute atomic E-state index is 11.8. The van der Waals surface area contributed by atoms with Gasteiger partial charge in [-0.2, -0.15) is 0 Å². The van der Waals surface area contributed by atoms with Crippen molar-refractivity contribution >= 4 is 39.5 Å². The van der Waals surface area contributed by atoms with Crippen LogP contribution >= 0.6 is 15.9 Å². The zero-order chi connectivity index (χ0) is 15.4. The Morgan fingerprint density at radius 3 is 2.81 bits per heavy atom. The number of amides is 3. The number of carbonyl (C=O) groups is 3. The summed E-state index contributed by atoms with van der Waals surface area (Å²) in [6.07, 6.45) is 1.14. The first-order chi connectivity index (χ1) is 9.95. The fraction of sp³-hybridized carbons (Fsp3) is 0.308. The Kier molecular flexibility index (Phi) is 4.79. The highest BCUT2D eigenvalue weighted by molar-refractivity contribution is 9.10. The Morgan fingerprint density at radius 1 is 1.43 bits per heavy atom. The molecular weight excluding hydrogens is 342 g/mol. The standard InChI is InChI=1S/C13H14BrN3O4/c14-7-1-3-10(9(5-7)12(19)20)17-13(21)15-6-8-2-4-11(18)16-8/h1,3,5,8H,2,4,6H2,(H,16,18)(H,19,20)(H2,15,17,21). The van der Waals surface area contributed by atoms with Crippen molar-refractivity contribution in [1.82, 2.24) is 10.6 Å². The van der Waals surface area contributed by atoms with Gasteiger partial charge in [0.05, 0.1) is 11.3 Å². The van der Waals surface area contributed by atoms with E-state index in [9.17, 15) is 14.4 Å². The minimum Gasteiger partial charge on any atom is -0.478 e. The largest absolute Gasteiger partial charge is 0.478 e. The Bertz CT molecular complexity index is 591. The van der Waals surface area contributed by atoms with Crippen molar-refractivity contribution in [2.75, 3.05) is 11.9 Å². The Hall–Kier alpha value is -2.09. The van der Waals surface area contributed by atoms with Crippen LogP contribution in [-0.4, -0.2) is 35.6 Å². The van der Waals surface area contributed by atoms with Crippen LogP contribution in [0.15, 0.2) is 22.7 Å². The van der Waals surface area contributed by atoms with Crippen LogP contribution in [0, 0.1) is 0 Å². The summed E-state index contributed by atoms with van der Waals surface area (Å²) in [5, 5.41) is 16.9. The molecule has 4 N–H and O–H groups in total. The maximum atomic E-state index is 11.8. The van der Waals surface area contributed by atoms with Crippen LogP contribution in [0.3, 0.4) is 0 Å². The summed E-state index contributed by atoms with van der Waals surface area (Å²) in [5.41, 5.74) is 0.201. The fourth-order valence-electron chi connectivity index (χ4n) is 2.02. The molecule has 0 saturated carbocycles. The summed E-state index contributed by atoms with van der Waals surface area (Å²) < 4.78 is 0.611. The predicted molar refractivity (Wildman–Crippen MR) is 79.3 cm³/mol. The smallest absolute Gasteiger partial charge is 0.337 e. The summed E-state index contributed by atoms with van der Waals surface area (Å²) in [7, 11) is 0. The van der Waals surface area contributed by atoms with Gasteiger partial charge >= 0.3 is 12.0 Å². The number of hydrogen-bond donors (Lipinski definition) is 4. The average molecular weight is 356 g/mol. The van der Waals surface area contributed by atoms with Gasteiger partial charge in [0.25, 0.3) is 0 Å². The number of carboxylic acids is 1. The minimum absolute atomic E-state index is 0.00584. The number of aromatic carboxylic acids is 1. The molecule has 1 fully saturated rings. The fourth-order valence-corrected chi connectivity index (χ4v) is 2.38. The number of benzene rings is 1. The number of anilines is 1. The molecule has 112 valence electrons. The van der Waals surface area contributed by atoms with Crippen molar-refractivity contribution < 1.29 is 19.5 Å². The molecule has 1 unspecified atom stereocenters. The van der Waals surface area contributed by atoms with E-state index in [0.717, 1.165) is 0 Å². The normalized spacial score (nSPS) is 17.2. The first-order valence-corrected chi connectivity index (χ1v) is 7.12. The minimum atomic E-state index is -1.13. The molecular formula is C13H14BrN3O4. The molecule has 1 aliphatic heterocycles. The van der Waals surface area contributed by atoms with Gasteiger partial charge in [-0.3, -0.25) is 4.79 Å². The first kappa shape index (κ1) is 15.3. The second-order valence-corrected chi connectivity index (χ2v) is 5.55. The quantitative estimate of drug-likeness (QED) is 0.656. The zero-order valence-electron chi connectivity index (χ0n) is 11.0. The second kappa shape index (κ2) is 6.57. The van der Waals surface area contributed by atoms with Crippen LogP contribution < -0.4 is 16.0 Å². The van der Waals surface area contributed by atoms with E-state index in [2.05, 4.69) is 31.9 Å². The molecule has 1 aromatic carbocycles. The molecule has 0 spiro atoms. The average Bonchev–Trinajstić information content (AvgIpc) is 2.84. The molecule has 1 saturated heterocycles. The van der Waals surface area contributed by atoms with Crippen LogP contribution in [0.25, 0.3) is 0 Å². The van der Waals surface area contributed by atoms with Gasteiger partial charge in [0.2, 0.25) is 5.91 Å². The molecule has 0 radical (unpaired) electrons. The topological polar surface area (TPSA) is 108 Å². The molecule has 8 heteroatoms. The number of nitrogens with one attached hydrogen (secondary N) is 3. The van der Waals surface area contributed by atoms with E-state index in [4.69, 9.17) is 5.11 Å². The molecule has 0 aromatic heterocycles. The van der Waals surface area contributed by atoms with Crippen molar-refractivity contribution in [3.05, 3.63) is 28.2 Å². The van der Waals surface area contributed by atoms with Crippen molar-refractivity contribution in [2.45, 2.75) is 18.9 Å². The molecule has 3 amide bonds. The van der Waals surface area contributed by atoms with Gasteiger partial charge in [-0.25, -0.2) is 9.59 Å². The summed E-state index contributed by atoms with van der Waals surface area (Å²) >= 11 is 3.18. The highest BCUT2D eigenvalue weighted by Gasteiger charge is 2.21. The molecule has 1 aromatic rings. The van der Waals surface area contributed by atoms with Gasteiger partial charge in [0.15, 0.2) is 0 Å². The van der Waals surface area contributed by atoms with Crippen molar-refractivity contribution in [3.8, 4) is 0 Å². The number of halogens is 1. The Morgan fingerprint density at radius 2 is 2.19 bits per heavy atom. The lowest BCUT2D eigenvalue weighted by Gasteiger charge is -2.13. The third-order valence-electron chi connectivity index (χ3n) is 3.05. The molecule has 7 nitrogen and oxygen atoms in total. The van der Waals surface area contributed by atoms with E-state index in [1.165, 1.54) is 12.1 Å². The van der Waals surface area contributed by atoms with E-state index in [1.54, 1.807) is 6.07 Å². The van der Waals surface area contributed by atoms with E-state index in [1.807, 2.05) is 0 Å². The van der Waals surface area contributed by atoms with Crippen LogP contribution in [-0.2, 0) is 4.79 Å². The lowest BCUT2D eigenvalue weighted by Crippen LogP contribution is -2.40. The first-order valence-electron chi connectivity index (χ1n) is 6.33. The van der Waals surface area contributed by atoms with Crippen molar-refractivity contribution in [2.24, 2.45) is 0 Å². The molecule has 1 atom stereocenters. The van der Waals surface area contributed by atoms with Gasteiger partial charge in [-0.15, -0.1) is 0 Å². The number of rotatable bonds is 4. The van der Waals surface area contributed by atoms with Gasteiger partial charge in [-0.1, -0.05) is 15.9 Å². The van der Waals surface area contributed by atoms with Crippen molar-refractivity contribution in [1.29, 1.82) is 0 Å². The molecule has 2 rings (SSSR count). The monoisotopic (exact) mass is 355 g/mol. The second-order valence-electron chi connectivity index (χ2n) is 4.63. The van der Waals surface area contributed by atoms with Gasteiger partial charge in [0.1, 0.15) is 0 Å². The molecule has 1 aliphatic rings. The maximum Gasteiger partial charge on any atom is 0.337 e. The summed E-state index contributed by atoms with van der Waals surface area (Å²) in [6.45, 7) is 0.302. The van der Waals surface area contributed by atoms with E-state index >= 15 is 0 Å². The van der Waals surface area contributed by atoms with E-state index in [-0.39, 0.29) is 23.2 Å². The molecule has 0 aliphatic carbocycles. The van der Waals surface area contributed by atoms with E-state index in [0.29, 0.717) is 23.9 Å². The lowest BCUT2D eigenvalue weighted by molar-refractivity contribution is -0.119. The molecule has 0 bridgehead atoms. The Labute approximate surface area is 129 Å². The molecule has 21 heavy (non-hydrogen) atoms. The highest BCUT2D eigenvalue weighted by atomic mass is 79.9. The van der Waals surface area contributed by atoms with Gasteiger partial charge in [-0.05, 0) is 24.6 Å². The zero-order valence-corrected chi connectivity index (χ0v) is 12.6.